The zero-order chi connectivity index (χ0) is 14.8. The second-order valence-electron chi connectivity index (χ2n) is 4.88. The van der Waals surface area contributed by atoms with E-state index in [1.807, 2.05) is 41.8 Å². The van der Waals surface area contributed by atoms with Crippen molar-refractivity contribution in [2.24, 2.45) is 5.10 Å². The van der Waals surface area contributed by atoms with E-state index in [1.165, 1.54) is 0 Å². The highest BCUT2D eigenvalue weighted by atomic mass is 32.1. The Morgan fingerprint density at radius 3 is 2.67 bits per heavy atom. The minimum atomic E-state index is -0.0395. The van der Waals surface area contributed by atoms with Gasteiger partial charge >= 0.3 is 0 Å². The van der Waals surface area contributed by atoms with E-state index in [0.29, 0.717) is 0 Å². The predicted octanol–water partition coefficient (Wildman–Crippen LogP) is 3.45. The molecule has 1 aromatic carbocycles. The van der Waals surface area contributed by atoms with Gasteiger partial charge in [-0.05, 0) is 29.1 Å². The van der Waals surface area contributed by atoms with Gasteiger partial charge < -0.3 is 4.74 Å². The molecule has 0 bridgehead atoms. The molecule has 0 unspecified atom stereocenters. The highest BCUT2D eigenvalue weighted by Gasteiger charge is 2.31. The first-order chi connectivity index (χ1) is 10.2. The number of rotatable bonds is 3. The normalized spacial score (nSPS) is 17.7. The molecule has 21 heavy (non-hydrogen) atoms. The van der Waals surface area contributed by atoms with Gasteiger partial charge in [-0.1, -0.05) is 18.2 Å². The molecular weight excluding hydrogens is 284 g/mol. The van der Waals surface area contributed by atoms with Crippen LogP contribution in [-0.2, 0) is 4.79 Å². The number of methoxy groups -OCH3 is 1. The van der Waals surface area contributed by atoms with Gasteiger partial charge in [0.2, 0.25) is 5.91 Å². The van der Waals surface area contributed by atoms with Crippen molar-refractivity contribution >= 4 is 23.0 Å². The topological polar surface area (TPSA) is 41.9 Å². The lowest BCUT2D eigenvalue weighted by Crippen LogP contribution is -2.24. The summed E-state index contributed by atoms with van der Waals surface area (Å²) in [5.74, 6) is 0.771. The molecule has 1 aliphatic heterocycles. The predicted molar refractivity (Wildman–Crippen MR) is 83.7 cm³/mol. The largest absolute Gasteiger partial charge is 0.497 e. The van der Waals surface area contributed by atoms with Gasteiger partial charge in [0.15, 0.2) is 0 Å². The molecule has 4 nitrogen and oxygen atoms in total. The summed E-state index contributed by atoms with van der Waals surface area (Å²) in [6.45, 7) is 1.55. The summed E-state index contributed by atoms with van der Waals surface area (Å²) >= 11 is 1.65. The van der Waals surface area contributed by atoms with Gasteiger partial charge in [-0.25, -0.2) is 5.01 Å². The number of hydrogen-bond donors (Lipinski definition) is 0. The Labute approximate surface area is 127 Å². The van der Waals surface area contributed by atoms with Crippen LogP contribution in [0.5, 0.6) is 5.75 Å². The van der Waals surface area contributed by atoms with Crippen molar-refractivity contribution in [2.75, 3.05) is 7.11 Å². The minimum absolute atomic E-state index is 0.0366. The number of carbonyl (C=O) groups excluding carboxylic acids is 1. The number of hydrazone groups is 1. The first kappa shape index (κ1) is 13.8. The lowest BCUT2D eigenvalue weighted by Gasteiger charge is -2.20. The number of nitrogens with zero attached hydrogens (tertiary/aromatic N) is 2. The number of thiophene rings is 1. The van der Waals surface area contributed by atoms with Crippen molar-refractivity contribution in [1.29, 1.82) is 0 Å². The maximum absolute atomic E-state index is 11.9. The third-order valence-corrected chi connectivity index (χ3v) is 4.46. The van der Waals surface area contributed by atoms with Gasteiger partial charge in [-0.3, -0.25) is 4.79 Å². The van der Waals surface area contributed by atoms with Gasteiger partial charge in [0, 0.05) is 13.3 Å². The number of benzene rings is 1. The number of ether oxygens (including phenoxy) is 1. The standard InChI is InChI=1S/C16H16N2O2S/c1-11(19)18-15(12-5-7-13(20-2)8-6-12)10-14(17-18)16-4-3-9-21-16/h3-9,15H,10H2,1-2H3/t15-/m1/s1. The maximum Gasteiger partial charge on any atom is 0.240 e. The Hall–Kier alpha value is -2.14. The molecule has 3 rings (SSSR count). The van der Waals surface area contributed by atoms with E-state index in [-0.39, 0.29) is 11.9 Å². The highest BCUT2D eigenvalue weighted by Crippen LogP contribution is 2.34. The molecule has 0 saturated carbocycles. The Morgan fingerprint density at radius 1 is 1.33 bits per heavy atom. The molecule has 108 valence electrons. The van der Waals surface area contributed by atoms with E-state index in [0.717, 1.165) is 28.3 Å². The van der Waals surface area contributed by atoms with Crippen LogP contribution in [0.3, 0.4) is 0 Å². The Balaban J connectivity index is 1.90. The lowest BCUT2D eigenvalue weighted by molar-refractivity contribution is -0.130. The summed E-state index contributed by atoms with van der Waals surface area (Å²) in [6.07, 6.45) is 0.742. The fourth-order valence-electron chi connectivity index (χ4n) is 2.48. The summed E-state index contributed by atoms with van der Waals surface area (Å²) < 4.78 is 5.18. The van der Waals surface area contributed by atoms with Crippen LogP contribution in [0.2, 0.25) is 0 Å². The monoisotopic (exact) mass is 300 g/mol. The van der Waals surface area contributed by atoms with Crippen molar-refractivity contribution in [3.8, 4) is 5.75 Å². The van der Waals surface area contributed by atoms with Crippen molar-refractivity contribution in [2.45, 2.75) is 19.4 Å². The third-order valence-electron chi connectivity index (χ3n) is 3.54. The first-order valence-corrected chi connectivity index (χ1v) is 7.62. The molecule has 5 heteroatoms. The van der Waals surface area contributed by atoms with Crippen LogP contribution in [-0.4, -0.2) is 23.7 Å². The molecule has 0 N–H and O–H groups in total. The second-order valence-corrected chi connectivity index (χ2v) is 5.83. The number of amides is 1. The third kappa shape index (κ3) is 2.69. The van der Waals surface area contributed by atoms with E-state index >= 15 is 0 Å². The summed E-state index contributed by atoms with van der Waals surface area (Å²) in [4.78, 5) is 13.0. The molecule has 0 aliphatic carbocycles. The molecule has 0 fully saturated rings. The summed E-state index contributed by atoms with van der Waals surface area (Å²) in [6, 6.07) is 11.8. The van der Waals surface area contributed by atoms with Crippen LogP contribution in [0, 0.1) is 0 Å². The Morgan fingerprint density at radius 2 is 2.10 bits per heavy atom. The van der Waals surface area contributed by atoms with Crippen LogP contribution in [0.15, 0.2) is 46.9 Å². The Bertz CT molecular complexity index is 662. The van der Waals surface area contributed by atoms with Crippen molar-refractivity contribution in [1.82, 2.24) is 5.01 Å². The lowest BCUT2D eigenvalue weighted by atomic mass is 10.0. The fourth-order valence-corrected chi connectivity index (χ4v) is 3.20. The molecule has 0 spiro atoms. The van der Waals surface area contributed by atoms with Gasteiger partial charge in [0.1, 0.15) is 5.75 Å². The SMILES string of the molecule is COc1ccc([C@H]2CC(c3cccs3)=NN2C(C)=O)cc1. The Kier molecular flexibility index (Phi) is 3.75. The number of hydrogen-bond acceptors (Lipinski definition) is 4. The molecule has 1 aromatic heterocycles. The number of carbonyl (C=O) groups is 1. The summed E-state index contributed by atoms with van der Waals surface area (Å²) in [5, 5.41) is 8.11. The van der Waals surface area contributed by atoms with Crippen molar-refractivity contribution in [3.05, 3.63) is 52.2 Å². The van der Waals surface area contributed by atoms with Crippen LogP contribution in [0.1, 0.15) is 29.8 Å². The van der Waals surface area contributed by atoms with Gasteiger partial charge in [-0.2, -0.15) is 5.10 Å². The zero-order valence-electron chi connectivity index (χ0n) is 11.9. The zero-order valence-corrected chi connectivity index (χ0v) is 12.8. The summed E-state index contributed by atoms with van der Waals surface area (Å²) in [5.41, 5.74) is 2.04. The smallest absolute Gasteiger partial charge is 0.240 e. The fraction of sp³-hybridized carbons (Fsp3) is 0.250. The average Bonchev–Trinajstić information content (AvgIpc) is 3.16. The molecule has 1 atom stereocenters. The van der Waals surface area contributed by atoms with E-state index < -0.39 is 0 Å². The molecule has 0 saturated heterocycles. The van der Waals surface area contributed by atoms with Crippen LogP contribution in [0.25, 0.3) is 0 Å². The quantitative estimate of drug-likeness (QED) is 0.871. The van der Waals surface area contributed by atoms with E-state index in [2.05, 4.69) is 5.10 Å². The van der Waals surface area contributed by atoms with Crippen molar-refractivity contribution in [3.63, 3.8) is 0 Å². The van der Waals surface area contributed by atoms with Crippen LogP contribution < -0.4 is 4.74 Å². The van der Waals surface area contributed by atoms with Crippen molar-refractivity contribution < 1.29 is 9.53 Å². The molecule has 1 amide bonds. The average molecular weight is 300 g/mol. The maximum atomic E-state index is 11.9. The van der Waals surface area contributed by atoms with E-state index in [4.69, 9.17) is 4.74 Å². The first-order valence-electron chi connectivity index (χ1n) is 6.74. The van der Waals surface area contributed by atoms with Gasteiger partial charge in [0.25, 0.3) is 0 Å². The molecule has 2 heterocycles. The van der Waals surface area contributed by atoms with Crippen LogP contribution >= 0.6 is 11.3 Å². The van der Waals surface area contributed by atoms with Gasteiger partial charge in [0.05, 0.1) is 23.7 Å². The highest BCUT2D eigenvalue weighted by molar-refractivity contribution is 7.12. The molecule has 0 radical (unpaired) electrons. The molecule has 1 aliphatic rings. The second kappa shape index (κ2) is 5.69. The van der Waals surface area contributed by atoms with E-state index in [1.54, 1.807) is 30.4 Å². The van der Waals surface area contributed by atoms with Crippen LogP contribution in [0.4, 0.5) is 0 Å². The van der Waals surface area contributed by atoms with Gasteiger partial charge in [-0.15, -0.1) is 11.3 Å². The minimum Gasteiger partial charge on any atom is -0.497 e. The molecular formula is C16H16N2O2S. The summed E-state index contributed by atoms with van der Waals surface area (Å²) in [7, 11) is 1.64. The van der Waals surface area contributed by atoms with E-state index in [9.17, 15) is 4.79 Å². The molecule has 2 aromatic rings.